The molecule has 1 atom stereocenters. The molecule has 0 spiro atoms. The van der Waals surface area contributed by atoms with E-state index in [9.17, 15) is 23.1 Å². The molecule has 0 aliphatic heterocycles. The van der Waals surface area contributed by atoms with E-state index in [1.165, 1.54) is 12.1 Å². The van der Waals surface area contributed by atoms with Crippen LogP contribution in [0.3, 0.4) is 0 Å². The summed E-state index contributed by atoms with van der Waals surface area (Å²) in [4.78, 5) is 16.9. The average molecular weight is 416 g/mol. The number of aromatic nitrogens is 3. The number of aromatic hydroxyl groups is 1. The van der Waals surface area contributed by atoms with Gasteiger partial charge < -0.3 is 5.11 Å². The zero-order chi connectivity index (χ0) is 21.2. The highest BCUT2D eigenvalue weighted by atomic mass is 32.2. The fraction of sp³-hybridized carbons (Fsp3) is 0.444. The Morgan fingerprint density at radius 2 is 1.89 bits per heavy atom. The van der Waals surface area contributed by atoms with Crippen LogP contribution in [0.2, 0.25) is 0 Å². The Morgan fingerprint density at radius 3 is 2.46 bits per heavy atom. The zero-order valence-electron chi connectivity index (χ0n) is 15.8. The Hall–Kier alpha value is -2.45. The van der Waals surface area contributed by atoms with Crippen molar-refractivity contribution in [3.05, 3.63) is 24.3 Å². The van der Waals surface area contributed by atoms with E-state index in [0.717, 1.165) is 0 Å². The van der Waals surface area contributed by atoms with Crippen molar-refractivity contribution >= 4 is 21.3 Å². The smallest absolute Gasteiger partial charge is 0.389 e. The number of hydrogen-bond donors (Lipinski definition) is 3. The fourth-order valence-electron chi connectivity index (χ4n) is 2.36. The molecule has 0 bridgehead atoms. The van der Waals surface area contributed by atoms with Gasteiger partial charge in [0.05, 0.1) is 4.75 Å². The summed E-state index contributed by atoms with van der Waals surface area (Å²) in [5.74, 6) is 0.178. The minimum Gasteiger partial charge on any atom is -0.508 e. The number of carbonyl (C=O) groups is 1. The van der Waals surface area contributed by atoms with Gasteiger partial charge in [-0.15, -0.1) is 10.8 Å². The number of nitrogens with one attached hydrogen (secondary N) is 2. The molecular weight excluding hydrogens is 393 g/mol. The number of anilines is 1. The van der Waals surface area contributed by atoms with Crippen molar-refractivity contribution in [3.63, 3.8) is 0 Å². The van der Waals surface area contributed by atoms with Crippen molar-refractivity contribution in [1.82, 2.24) is 15.2 Å². The molecule has 154 valence electrons. The third-order valence-corrected chi connectivity index (χ3v) is 8.25. The Morgan fingerprint density at radius 1 is 1.29 bits per heavy atom. The predicted octanol–water partition coefficient (Wildman–Crippen LogP) is 4.26. The molecule has 1 heterocycles. The predicted molar refractivity (Wildman–Crippen MR) is 105 cm³/mol. The lowest BCUT2D eigenvalue weighted by atomic mass is 10.2. The average Bonchev–Trinajstić information content (AvgIpc) is 3.02. The minimum absolute atomic E-state index is 0.0339. The van der Waals surface area contributed by atoms with Crippen LogP contribution in [0.1, 0.15) is 26.7 Å². The first kappa shape index (κ1) is 21.8. The molecule has 2 aromatic rings. The number of alkyl halides is 3. The van der Waals surface area contributed by atoms with Gasteiger partial charge in [0.15, 0.2) is 5.82 Å². The number of aromatic amines is 1. The molecule has 0 radical (unpaired) electrons. The van der Waals surface area contributed by atoms with Crippen molar-refractivity contribution in [1.29, 1.82) is 0 Å². The Bertz CT molecular complexity index is 939. The molecule has 28 heavy (non-hydrogen) atoms. The quantitative estimate of drug-likeness (QED) is 0.679. The summed E-state index contributed by atoms with van der Waals surface area (Å²) in [6.07, 6.45) is -3.66. The molecular formula is C18H23F3N4O2S. The summed E-state index contributed by atoms with van der Waals surface area (Å²) in [5.41, 5.74) is 6.93. The summed E-state index contributed by atoms with van der Waals surface area (Å²) in [6, 6.07) is 6.24. The molecule has 0 aliphatic carbocycles. The van der Waals surface area contributed by atoms with E-state index in [1.54, 1.807) is 32.2 Å². The van der Waals surface area contributed by atoms with E-state index < -0.39 is 32.7 Å². The number of phenolic OH excluding ortho intramolecular Hbond substituents is 1. The summed E-state index contributed by atoms with van der Waals surface area (Å²) in [6.45, 7) is 3.22. The van der Waals surface area contributed by atoms with Gasteiger partial charge in [0, 0.05) is 12.0 Å². The van der Waals surface area contributed by atoms with Crippen molar-refractivity contribution in [3.8, 4) is 22.8 Å². The molecule has 10 heteroatoms. The van der Waals surface area contributed by atoms with Gasteiger partial charge >= 0.3 is 6.18 Å². The number of hydrogen-bond acceptors (Lipinski definition) is 4. The standard InChI is InChI=1S/C18H23F3N4O2S/c1-17(2,28(3,4)11-5-10-18(19,20)21)15(27)23-16-22-14(24-25-16)12-6-8-13(26)9-7-12/h3,6-9,26H,5,10-11H2,1-2,4H3,(H2,22,23,24,25,27). The highest BCUT2D eigenvalue weighted by Gasteiger charge is 2.37. The number of amides is 1. The number of nitrogens with zero attached hydrogens (tertiary/aromatic N) is 2. The lowest BCUT2D eigenvalue weighted by Crippen LogP contribution is -2.39. The van der Waals surface area contributed by atoms with Gasteiger partial charge in [0.1, 0.15) is 5.75 Å². The van der Waals surface area contributed by atoms with Gasteiger partial charge in [0.25, 0.3) is 0 Å². The third kappa shape index (κ3) is 5.30. The number of halogens is 3. The highest BCUT2D eigenvalue weighted by molar-refractivity contribution is 8.25. The second kappa shape index (κ2) is 7.89. The van der Waals surface area contributed by atoms with Gasteiger partial charge in [-0.1, -0.05) is 0 Å². The van der Waals surface area contributed by atoms with Crippen LogP contribution in [-0.4, -0.2) is 49.1 Å². The van der Waals surface area contributed by atoms with Crippen LogP contribution in [0.25, 0.3) is 11.4 Å². The van der Waals surface area contributed by atoms with Crippen molar-refractivity contribution in [2.45, 2.75) is 37.6 Å². The number of benzene rings is 1. The number of phenols is 1. The number of rotatable bonds is 5. The van der Waals surface area contributed by atoms with Crippen molar-refractivity contribution in [2.75, 3.05) is 17.3 Å². The minimum atomic E-state index is -4.24. The summed E-state index contributed by atoms with van der Waals surface area (Å²) < 4.78 is 36.1. The maximum absolute atomic E-state index is 12.7. The van der Waals surface area contributed by atoms with Crippen LogP contribution in [0, 0.1) is 5.69 Å². The molecule has 1 aromatic heterocycles. The van der Waals surface area contributed by atoms with Gasteiger partial charge in [-0.2, -0.15) is 27.6 Å². The van der Waals surface area contributed by atoms with Crippen molar-refractivity contribution < 1.29 is 23.1 Å². The van der Waals surface area contributed by atoms with E-state index in [0.29, 0.717) is 11.4 Å². The summed E-state index contributed by atoms with van der Waals surface area (Å²) in [7, 11) is -2.16. The topological polar surface area (TPSA) is 90.9 Å². The molecule has 0 saturated carbocycles. The SMILES string of the molecule is C#S(C)(CCCC(F)(F)F)C(C)(C)C(=O)Nc1n[nH]c(-c2ccc(O)cc2)n1. The first-order valence-corrected chi connectivity index (χ1v) is 10.7. The lowest BCUT2D eigenvalue weighted by Gasteiger charge is -2.35. The van der Waals surface area contributed by atoms with Gasteiger partial charge in [0.2, 0.25) is 11.9 Å². The van der Waals surface area contributed by atoms with Crippen molar-refractivity contribution in [2.24, 2.45) is 0 Å². The van der Waals surface area contributed by atoms with E-state index in [2.05, 4.69) is 20.5 Å². The molecule has 1 unspecified atom stereocenters. The number of carbonyl (C=O) groups excluding carboxylic acids is 1. The number of H-pyrrole nitrogens is 1. The molecule has 1 aromatic carbocycles. The summed E-state index contributed by atoms with van der Waals surface area (Å²) in [5, 5.41) is 18.5. The first-order chi connectivity index (χ1) is 12.8. The van der Waals surface area contributed by atoms with Gasteiger partial charge in [-0.05, 0) is 56.5 Å². The maximum Gasteiger partial charge on any atom is 0.389 e. The Labute approximate surface area is 162 Å². The first-order valence-electron chi connectivity index (χ1n) is 8.45. The highest BCUT2D eigenvalue weighted by Crippen LogP contribution is 2.45. The molecule has 0 fully saturated rings. The fourth-order valence-corrected chi connectivity index (χ4v) is 4.09. The molecule has 1 amide bonds. The molecule has 3 N–H and O–H groups in total. The summed E-state index contributed by atoms with van der Waals surface area (Å²) >= 11 is 0. The molecule has 2 rings (SSSR count). The van der Waals surface area contributed by atoms with Gasteiger partial charge in [-0.3, -0.25) is 15.2 Å². The van der Waals surface area contributed by atoms with Crippen LogP contribution in [0.4, 0.5) is 19.1 Å². The molecule has 0 saturated heterocycles. The maximum atomic E-state index is 12.7. The normalized spacial score (nSPS) is 14.5. The van der Waals surface area contributed by atoms with E-state index in [1.807, 2.05) is 0 Å². The molecule has 0 aliphatic rings. The zero-order valence-corrected chi connectivity index (χ0v) is 16.6. The van der Waals surface area contributed by atoms with E-state index in [-0.39, 0.29) is 23.9 Å². The van der Waals surface area contributed by atoms with E-state index in [4.69, 9.17) is 5.69 Å². The van der Waals surface area contributed by atoms with Crippen LogP contribution < -0.4 is 5.32 Å². The Kier molecular flexibility index (Phi) is 6.15. The van der Waals surface area contributed by atoms with Crippen LogP contribution in [0.5, 0.6) is 5.75 Å². The lowest BCUT2D eigenvalue weighted by molar-refractivity contribution is -0.134. The monoisotopic (exact) mass is 416 g/mol. The van der Waals surface area contributed by atoms with Crippen LogP contribution in [-0.2, 0) is 4.79 Å². The second-order valence-electron chi connectivity index (χ2n) is 7.10. The van der Waals surface area contributed by atoms with Crippen LogP contribution in [0.15, 0.2) is 24.3 Å². The van der Waals surface area contributed by atoms with E-state index >= 15 is 0 Å². The third-order valence-electron chi connectivity index (χ3n) is 4.59. The van der Waals surface area contributed by atoms with Gasteiger partial charge in [-0.25, -0.2) is 0 Å². The second-order valence-corrected chi connectivity index (χ2v) is 10.8. The molecule has 6 nitrogen and oxygen atoms in total. The van der Waals surface area contributed by atoms with Crippen LogP contribution >= 0.6 is 9.44 Å². The largest absolute Gasteiger partial charge is 0.508 e. The Balaban J connectivity index is 2.06.